The SMILES string of the molecule is CCOC(=O)c1cc(N)cnc1NCCOCC(C)C. The molecule has 0 atom stereocenters. The summed E-state index contributed by atoms with van der Waals surface area (Å²) in [5.41, 5.74) is 6.42. The molecule has 1 rings (SSSR count). The number of carbonyl (C=O) groups excluding carboxylic acids is 1. The molecule has 1 heterocycles. The van der Waals surface area contributed by atoms with E-state index in [9.17, 15) is 4.79 Å². The van der Waals surface area contributed by atoms with E-state index in [4.69, 9.17) is 15.2 Å². The Hall–Kier alpha value is -1.82. The first-order valence-electron chi connectivity index (χ1n) is 6.78. The van der Waals surface area contributed by atoms with Gasteiger partial charge in [-0.1, -0.05) is 13.8 Å². The van der Waals surface area contributed by atoms with Crippen LogP contribution in [0.15, 0.2) is 12.3 Å². The molecule has 0 saturated carbocycles. The maximum atomic E-state index is 11.8. The van der Waals surface area contributed by atoms with Crippen molar-refractivity contribution in [3.05, 3.63) is 17.8 Å². The molecule has 6 heteroatoms. The van der Waals surface area contributed by atoms with Crippen LogP contribution < -0.4 is 11.1 Å². The second-order valence-corrected chi connectivity index (χ2v) is 4.78. The van der Waals surface area contributed by atoms with Gasteiger partial charge in [-0.25, -0.2) is 9.78 Å². The molecule has 112 valence electrons. The molecule has 0 spiro atoms. The van der Waals surface area contributed by atoms with Crippen LogP contribution in [0.2, 0.25) is 0 Å². The van der Waals surface area contributed by atoms with Gasteiger partial charge in [0.25, 0.3) is 0 Å². The van der Waals surface area contributed by atoms with Gasteiger partial charge >= 0.3 is 5.97 Å². The third kappa shape index (κ3) is 5.44. The Morgan fingerprint density at radius 1 is 1.50 bits per heavy atom. The minimum atomic E-state index is -0.433. The predicted molar refractivity (Wildman–Crippen MR) is 78.8 cm³/mol. The lowest BCUT2D eigenvalue weighted by atomic mass is 10.2. The fourth-order valence-electron chi connectivity index (χ4n) is 1.55. The van der Waals surface area contributed by atoms with Crippen LogP contribution in [0.5, 0.6) is 0 Å². The zero-order chi connectivity index (χ0) is 15.0. The number of nitrogens with zero attached hydrogens (tertiary/aromatic N) is 1. The monoisotopic (exact) mass is 281 g/mol. The maximum absolute atomic E-state index is 11.8. The van der Waals surface area contributed by atoms with E-state index in [0.29, 0.717) is 49.4 Å². The lowest BCUT2D eigenvalue weighted by molar-refractivity contribution is 0.0527. The van der Waals surface area contributed by atoms with Crippen molar-refractivity contribution in [3.63, 3.8) is 0 Å². The average molecular weight is 281 g/mol. The molecule has 1 aromatic rings. The molecule has 20 heavy (non-hydrogen) atoms. The van der Waals surface area contributed by atoms with Crippen molar-refractivity contribution in [3.8, 4) is 0 Å². The molecule has 0 bridgehead atoms. The number of anilines is 2. The lowest BCUT2D eigenvalue weighted by Gasteiger charge is -2.12. The molecule has 0 aliphatic carbocycles. The summed E-state index contributed by atoms with van der Waals surface area (Å²) in [6.45, 7) is 8.07. The van der Waals surface area contributed by atoms with Crippen LogP contribution in [0.1, 0.15) is 31.1 Å². The number of esters is 1. The van der Waals surface area contributed by atoms with Crippen molar-refractivity contribution >= 4 is 17.5 Å². The van der Waals surface area contributed by atoms with Gasteiger partial charge in [0.1, 0.15) is 11.4 Å². The van der Waals surface area contributed by atoms with Crippen LogP contribution in [-0.4, -0.2) is 37.3 Å². The Bertz CT molecular complexity index is 436. The summed E-state index contributed by atoms with van der Waals surface area (Å²) in [6.07, 6.45) is 1.50. The van der Waals surface area contributed by atoms with Gasteiger partial charge in [0.15, 0.2) is 0 Å². The number of nitrogens with one attached hydrogen (secondary N) is 1. The quantitative estimate of drug-likeness (QED) is 0.559. The minimum absolute atomic E-state index is 0.310. The van der Waals surface area contributed by atoms with Crippen LogP contribution in [-0.2, 0) is 9.47 Å². The molecule has 0 aliphatic rings. The van der Waals surface area contributed by atoms with E-state index in [0.717, 1.165) is 0 Å². The van der Waals surface area contributed by atoms with Gasteiger partial charge in [-0.05, 0) is 18.9 Å². The third-order valence-electron chi connectivity index (χ3n) is 2.39. The fraction of sp³-hybridized carbons (Fsp3) is 0.571. The number of nitrogens with two attached hydrogens (primary N) is 1. The molecule has 6 nitrogen and oxygen atoms in total. The molecule has 0 aliphatic heterocycles. The van der Waals surface area contributed by atoms with E-state index in [1.807, 2.05) is 0 Å². The van der Waals surface area contributed by atoms with Gasteiger partial charge in [-0.2, -0.15) is 0 Å². The fourth-order valence-corrected chi connectivity index (χ4v) is 1.55. The molecule has 0 amide bonds. The van der Waals surface area contributed by atoms with Crippen molar-refractivity contribution in [1.82, 2.24) is 4.98 Å². The molecule has 0 saturated heterocycles. The van der Waals surface area contributed by atoms with Crippen LogP contribution in [0.3, 0.4) is 0 Å². The number of ether oxygens (including phenoxy) is 2. The number of hydrogen-bond acceptors (Lipinski definition) is 6. The van der Waals surface area contributed by atoms with Crippen LogP contribution >= 0.6 is 0 Å². The zero-order valence-corrected chi connectivity index (χ0v) is 12.3. The number of hydrogen-bond donors (Lipinski definition) is 2. The van der Waals surface area contributed by atoms with Crippen molar-refractivity contribution in [2.24, 2.45) is 5.92 Å². The standard InChI is InChI=1S/C14H23N3O3/c1-4-20-14(18)12-7-11(15)8-17-13(12)16-5-6-19-9-10(2)3/h7-8,10H,4-6,9,15H2,1-3H3,(H,16,17). The highest BCUT2D eigenvalue weighted by Gasteiger charge is 2.14. The second-order valence-electron chi connectivity index (χ2n) is 4.78. The molecular formula is C14H23N3O3. The smallest absolute Gasteiger partial charge is 0.341 e. The third-order valence-corrected chi connectivity index (χ3v) is 2.39. The maximum Gasteiger partial charge on any atom is 0.341 e. The van der Waals surface area contributed by atoms with Gasteiger partial charge in [0, 0.05) is 13.2 Å². The highest BCUT2D eigenvalue weighted by molar-refractivity contribution is 5.95. The van der Waals surface area contributed by atoms with E-state index in [-0.39, 0.29) is 0 Å². The van der Waals surface area contributed by atoms with Crippen molar-refractivity contribution < 1.29 is 14.3 Å². The van der Waals surface area contributed by atoms with Gasteiger partial charge in [-0.3, -0.25) is 0 Å². The summed E-state index contributed by atoms with van der Waals surface area (Å²) in [7, 11) is 0. The molecule has 3 N–H and O–H groups in total. The van der Waals surface area contributed by atoms with E-state index in [1.54, 1.807) is 13.0 Å². The van der Waals surface area contributed by atoms with E-state index in [2.05, 4.69) is 24.1 Å². The first kappa shape index (κ1) is 16.2. The number of pyridine rings is 1. The molecule has 1 aromatic heterocycles. The first-order chi connectivity index (χ1) is 9.54. The summed E-state index contributed by atoms with van der Waals surface area (Å²) < 4.78 is 10.4. The number of nitrogen functional groups attached to an aromatic ring is 1. The van der Waals surface area contributed by atoms with Crippen molar-refractivity contribution in [1.29, 1.82) is 0 Å². The Morgan fingerprint density at radius 3 is 2.90 bits per heavy atom. The predicted octanol–water partition coefficient (Wildman–Crippen LogP) is 1.93. The summed E-state index contributed by atoms with van der Waals surface area (Å²) in [4.78, 5) is 15.9. The van der Waals surface area contributed by atoms with E-state index >= 15 is 0 Å². The van der Waals surface area contributed by atoms with Gasteiger partial charge in [0.2, 0.25) is 0 Å². The normalized spacial score (nSPS) is 10.6. The van der Waals surface area contributed by atoms with Crippen molar-refractivity contribution in [2.75, 3.05) is 37.4 Å². The van der Waals surface area contributed by atoms with Crippen LogP contribution in [0, 0.1) is 5.92 Å². The zero-order valence-electron chi connectivity index (χ0n) is 12.3. The van der Waals surface area contributed by atoms with E-state index < -0.39 is 5.97 Å². The molecular weight excluding hydrogens is 258 g/mol. The van der Waals surface area contributed by atoms with Gasteiger partial charge < -0.3 is 20.5 Å². The highest BCUT2D eigenvalue weighted by Crippen LogP contribution is 2.16. The topological polar surface area (TPSA) is 86.5 Å². The summed E-state index contributed by atoms with van der Waals surface area (Å²) in [5.74, 6) is 0.531. The Kier molecular flexibility index (Phi) is 6.79. The second kappa shape index (κ2) is 8.37. The lowest BCUT2D eigenvalue weighted by Crippen LogP contribution is -2.16. The number of aromatic nitrogens is 1. The highest BCUT2D eigenvalue weighted by atomic mass is 16.5. The van der Waals surface area contributed by atoms with Crippen LogP contribution in [0.25, 0.3) is 0 Å². The van der Waals surface area contributed by atoms with Crippen LogP contribution in [0.4, 0.5) is 11.5 Å². The number of rotatable bonds is 8. The summed E-state index contributed by atoms with van der Waals surface area (Å²) in [5, 5.41) is 3.06. The molecule has 0 aromatic carbocycles. The minimum Gasteiger partial charge on any atom is -0.462 e. The number of carbonyl (C=O) groups is 1. The molecule has 0 radical (unpaired) electrons. The largest absolute Gasteiger partial charge is 0.462 e. The Labute approximate surface area is 119 Å². The molecule has 0 fully saturated rings. The Balaban J connectivity index is 2.58. The Morgan fingerprint density at radius 2 is 2.25 bits per heavy atom. The first-order valence-corrected chi connectivity index (χ1v) is 6.78. The molecule has 0 unspecified atom stereocenters. The van der Waals surface area contributed by atoms with Gasteiger partial charge in [-0.15, -0.1) is 0 Å². The average Bonchev–Trinajstić information content (AvgIpc) is 2.39. The summed E-state index contributed by atoms with van der Waals surface area (Å²) >= 11 is 0. The summed E-state index contributed by atoms with van der Waals surface area (Å²) in [6, 6.07) is 1.56. The van der Waals surface area contributed by atoms with E-state index in [1.165, 1.54) is 6.20 Å². The van der Waals surface area contributed by atoms with Crippen molar-refractivity contribution in [2.45, 2.75) is 20.8 Å². The van der Waals surface area contributed by atoms with Gasteiger partial charge in [0.05, 0.1) is 25.1 Å².